The molecule has 5 aliphatic rings. The number of amides is 2. The minimum Gasteiger partial charge on any atom is -0.353 e. The molecule has 0 atom stereocenters. The van der Waals surface area contributed by atoms with E-state index in [1.54, 1.807) is 0 Å². The zero-order valence-electron chi connectivity index (χ0n) is 23.9. The van der Waals surface area contributed by atoms with Crippen molar-refractivity contribution in [3.05, 3.63) is 77.0 Å². The molecule has 4 saturated carbocycles. The number of urea groups is 1. The lowest BCUT2D eigenvalue weighted by Crippen LogP contribution is -2.63. The molecule has 0 spiro atoms. The van der Waals surface area contributed by atoms with Crippen molar-refractivity contribution in [2.24, 2.45) is 17.8 Å². The zero-order valence-corrected chi connectivity index (χ0v) is 23.9. The number of benzene rings is 2. The highest BCUT2D eigenvalue weighted by Gasteiger charge is 2.51. The normalized spacial score (nSPS) is 27.2. The Hall–Kier alpha value is -3.41. The highest BCUT2D eigenvalue weighted by Crippen LogP contribution is 2.55. The lowest BCUT2D eigenvalue weighted by molar-refractivity contribution is -0.0157. The van der Waals surface area contributed by atoms with Gasteiger partial charge in [-0.2, -0.15) is 0 Å². The van der Waals surface area contributed by atoms with E-state index in [0.29, 0.717) is 13.1 Å². The Labute approximate surface area is 238 Å². The van der Waals surface area contributed by atoms with Crippen molar-refractivity contribution in [3.8, 4) is 11.4 Å². The number of aryl methyl sites for hydroxylation is 2. The average molecular weight is 536 g/mol. The topological polar surface area (TPSA) is 61.4 Å². The third kappa shape index (κ3) is 4.97. The second-order valence-corrected chi connectivity index (χ2v) is 13.1. The van der Waals surface area contributed by atoms with Crippen LogP contribution in [0.4, 0.5) is 10.6 Å². The molecule has 3 aromatic rings. The number of carbonyl (C=O) groups excluding carboxylic acids is 1. The molecule has 2 amide bonds. The summed E-state index contributed by atoms with van der Waals surface area (Å²) in [6, 6.07) is 19.2. The van der Waals surface area contributed by atoms with Gasteiger partial charge in [-0.1, -0.05) is 54.1 Å². The molecule has 5 fully saturated rings. The summed E-state index contributed by atoms with van der Waals surface area (Å²) in [4.78, 5) is 28.1. The third-order valence-corrected chi connectivity index (χ3v) is 9.97. The van der Waals surface area contributed by atoms with Crippen LogP contribution in [-0.4, -0.2) is 52.6 Å². The SMILES string of the molecule is Cc1cccc(-c2nc(C)c(Cc3ccccc3)c(N3CCN(C(=O)NC45CC6CC(CC(C6)C4)C5)CC3)n2)c1. The molecule has 2 heterocycles. The number of carbonyl (C=O) groups is 1. The first kappa shape index (κ1) is 25.6. The summed E-state index contributed by atoms with van der Waals surface area (Å²) in [6.45, 7) is 7.20. The average Bonchev–Trinajstić information content (AvgIpc) is 2.94. The van der Waals surface area contributed by atoms with Crippen molar-refractivity contribution in [3.63, 3.8) is 0 Å². The molecule has 4 aliphatic carbocycles. The number of hydrogen-bond acceptors (Lipinski definition) is 4. The van der Waals surface area contributed by atoms with Gasteiger partial charge in [0.25, 0.3) is 0 Å². The molecule has 4 bridgehead atoms. The lowest BCUT2D eigenvalue weighted by Gasteiger charge is -2.57. The molecule has 1 aromatic heterocycles. The summed E-state index contributed by atoms with van der Waals surface area (Å²) in [6.07, 6.45) is 8.54. The van der Waals surface area contributed by atoms with Crippen LogP contribution in [0.1, 0.15) is 60.9 Å². The van der Waals surface area contributed by atoms with E-state index >= 15 is 0 Å². The second kappa shape index (κ2) is 10.2. The van der Waals surface area contributed by atoms with Gasteiger partial charge in [0, 0.05) is 55.0 Å². The quantitative estimate of drug-likeness (QED) is 0.426. The highest BCUT2D eigenvalue weighted by atomic mass is 16.2. The van der Waals surface area contributed by atoms with Crippen molar-refractivity contribution in [1.29, 1.82) is 0 Å². The minimum atomic E-state index is 0.0539. The predicted octanol–water partition coefficient (Wildman–Crippen LogP) is 6.15. The zero-order chi connectivity index (χ0) is 27.3. The molecule has 2 aromatic carbocycles. The van der Waals surface area contributed by atoms with Crippen LogP contribution in [0.2, 0.25) is 0 Å². The van der Waals surface area contributed by atoms with Gasteiger partial charge in [-0.15, -0.1) is 0 Å². The minimum absolute atomic E-state index is 0.0539. The van der Waals surface area contributed by atoms with Gasteiger partial charge in [-0.25, -0.2) is 14.8 Å². The van der Waals surface area contributed by atoms with E-state index in [1.165, 1.54) is 55.2 Å². The van der Waals surface area contributed by atoms with Crippen LogP contribution >= 0.6 is 0 Å². The Balaban J connectivity index is 1.11. The number of hydrogen-bond donors (Lipinski definition) is 1. The van der Waals surface area contributed by atoms with Crippen LogP contribution in [0.3, 0.4) is 0 Å². The van der Waals surface area contributed by atoms with Crippen molar-refractivity contribution in [2.45, 2.75) is 64.3 Å². The maximum absolute atomic E-state index is 13.5. The maximum Gasteiger partial charge on any atom is 0.317 e. The molecule has 0 unspecified atom stereocenters. The summed E-state index contributed by atoms with van der Waals surface area (Å²) < 4.78 is 0. The van der Waals surface area contributed by atoms with Gasteiger partial charge in [0.2, 0.25) is 0 Å². The molecular formula is C34H41N5O. The fourth-order valence-electron chi connectivity index (χ4n) is 8.45. The first-order valence-corrected chi connectivity index (χ1v) is 15.2. The Kier molecular flexibility index (Phi) is 6.52. The van der Waals surface area contributed by atoms with Crippen LogP contribution in [0.5, 0.6) is 0 Å². The van der Waals surface area contributed by atoms with Crippen LogP contribution in [-0.2, 0) is 6.42 Å². The molecule has 6 nitrogen and oxygen atoms in total. The van der Waals surface area contributed by atoms with E-state index in [2.05, 4.69) is 78.7 Å². The molecule has 40 heavy (non-hydrogen) atoms. The van der Waals surface area contributed by atoms with Gasteiger partial charge < -0.3 is 15.1 Å². The molecule has 1 N–H and O–H groups in total. The van der Waals surface area contributed by atoms with Crippen molar-refractivity contribution in [1.82, 2.24) is 20.2 Å². The van der Waals surface area contributed by atoms with Crippen LogP contribution in [0, 0.1) is 31.6 Å². The summed E-state index contributed by atoms with van der Waals surface area (Å²) >= 11 is 0. The van der Waals surface area contributed by atoms with Crippen LogP contribution < -0.4 is 10.2 Å². The molecule has 0 radical (unpaired) electrons. The summed E-state index contributed by atoms with van der Waals surface area (Å²) in [5.41, 5.74) is 5.75. The molecule has 1 saturated heterocycles. The van der Waals surface area contributed by atoms with E-state index < -0.39 is 0 Å². The van der Waals surface area contributed by atoms with Gasteiger partial charge >= 0.3 is 6.03 Å². The Morgan fingerprint density at radius 2 is 1.55 bits per heavy atom. The predicted molar refractivity (Wildman–Crippen MR) is 159 cm³/mol. The van der Waals surface area contributed by atoms with E-state index in [4.69, 9.17) is 9.97 Å². The monoisotopic (exact) mass is 535 g/mol. The van der Waals surface area contributed by atoms with Crippen LogP contribution in [0.25, 0.3) is 11.4 Å². The first-order valence-electron chi connectivity index (χ1n) is 15.2. The Bertz CT molecular complexity index is 1360. The Morgan fingerprint density at radius 1 is 0.875 bits per heavy atom. The van der Waals surface area contributed by atoms with E-state index in [-0.39, 0.29) is 11.6 Å². The van der Waals surface area contributed by atoms with E-state index in [0.717, 1.165) is 60.2 Å². The van der Waals surface area contributed by atoms with Crippen molar-refractivity contribution in [2.75, 3.05) is 31.1 Å². The standard InChI is InChI=1S/C34H41N5O/c1-23-7-6-10-29(15-23)31-35-24(2)30(19-25-8-4-3-5-9-25)32(36-31)38-11-13-39(14-12-38)33(40)37-34-20-26-16-27(21-34)18-28(17-26)22-34/h3-10,15,26-28H,11-14,16-22H2,1-2H3,(H,37,40). The van der Waals surface area contributed by atoms with Crippen molar-refractivity contribution >= 4 is 11.8 Å². The first-order chi connectivity index (χ1) is 19.4. The second-order valence-electron chi connectivity index (χ2n) is 13.1. The number of nitrogens with zero attached hydrogens (tertiary/aromatic N) is 4. The summed E-state index contributed by atoms with van der Waals surface area (Å²) in [7, 11) is 0. The highest BCUT2D eigenvalue weighted by molar-refractivity contribution is 5.75. The summed E-state index contributed by atoms with van der Waals surface area (Å²) in [5, 5.41) is 3.58. The fourth-order valence-corrected chi connectivity index (χ4v) is 8.45. The molecule has 6 heteroatoms. The summed E-state index contributed by atoms with van der Waals surface area (Å²) in [5.74, 6) is 4.27. The fraction of sp³-hybridized carbons (Fsp3) is 0.500. The lowest BCUT2D eigenvalue weighted by atomic mass is 9.53. The Morgan fingerprint density at radius 3 is 2.20 bits per heavy atom. The van der Waals surface area contributed by atoms with Crippen LogP contribution in [0.15, 0.2) is 54.6 Å². The molecule has 8 rings (SSSR count). The van der Waals surface area contributed by atoms with Gasteiger partial charge in [0.15, 0.2) is 5.82 Å². The van der Waals surface area contributed by atoms with E-state index in [9.17, 15) is 4.79 Å². The number of aromatic nitrogens is 2. The van der Waals surface area contributed by atoms with Gasteiger partial charge in [-0.3, -0.25) is 0 Å². The maximum atomic E-state index is 13.5. The molecule has 1 aliphatic heterocycles. The number of rotatable bonds is 5. The number of piperazine rings is 1. The number of nitrogens with one attached hydrogen (secondary N) is 1. The van der Waals surface area contributed by atoms with Gasteiger partial charge in [-0.05, 0) is 81.8 Å². The number of anilines is 1. The van der Waals surface area contributed by atoms with E-state index in [1.807, 2.05) is 4.90 Å². The third-order valence-electron chi connectivity index (χ3n) is 9.97. The molecule has 208 valence electrons. The smallest absolute Gasteiger partial charge is 0.317 e. The van der Waals surface area contributed by atoms with Gasteiger partial charge in [0.05, 0.1) is 0 Å². The van der Waals surface area contributed by atoms with Gasteiger partial charge in [0.1, 0.15) is 5.82 Å². The molecular weight excluding hydrogens is 494 g/mol. The largest absolute Gasteiger partial charge is 0.353 e. The van der Waals surface area contributed by atoms with Crippen molar-refractivity contribution < 1.29 is 4.79 Å².